The molecule has 48 heavy (non-hydrogen) atoms. The second kappa shape index (κ2) is 17.8. The van der Waals surface area contributed by atoms with E-state index in [4.69, 9.17) is 37.9 Å². The highest BCUT2D eigenvalue weighted by Crippen LogP contribution is 2.31. The van der Waals surface area contributed by atoms with Gasteiger partial charge < -0.3 is 37.9 Å². The van der Waals surface area contributed by atoms with Crippen molar-refractivity contribution in [3.63, 3.8) is 0 Å². The number of ether oxygens (including phenoxy) is 8. The van der Waals surface area contributed by atoms with E-state index in [-0.39, 0.29) is 13.2 Å². The van der Waals surface area contributed by atoms with Crippen molar-refractivity contribution >= 4 is 23.9 Å². The van der Waals surface area contributed by atoms with Crippen LogP contribution in [0.1, 0.15) is 44.4 Å². The molecule has 3 aromatic carbocycles. The molecule has 0 spiro atoms. The average molecular weight is 665 g/mol. The summed E-state index contributed by atoms with van der Waals surface area (Å²) < 4.78 is 45.9. The van der Waals surface area contributed by atoms with E-state index in [1.807, 2.05) is 78.9 Å². The molecule has 0 saturated carbocycles. The zero-order valence-corrected chi connectivity index (χ0v) is 27.3. The summed E-state index contributed by atoms with van der Waals surface area (Å²) in [5.74, 6) is -1.58. The normalized spacial score (nSPS) is 20.2. The van der Waals surface area contributed by atoms with Gasteiger partial charge >= 0.3 is 23.9 Å². The Morgan fingerprint density at radius 1 is 0.604 bits per heavy atom. The van der Waals surface area contributed by atoms with Crippen LogP contribution in [0.15, 0.2) is 78.9 Å². The van der Waals surface area contributed by atoms with Crippen LogP contribution in [0.4, 0.5) is 0 Å². The molecule has 0 aliphatic carbocycles. The van der Waals surface area contributed by atoms with E-state index in [9.17, 15) is 19.2 Å². The van der Waals surface area contributed by atoms with Crippen LogP contribution in [0.3, 0.4) is 0 Å². The predicted molar refractivity (Wildman–Crippen MR) is 170 cm³/mol. The molecule has 3 aromatic rings. The van der Waals surface area contributed by atoms with Crippen molar-refractivity contribution in [2.45, 2.75) is 78.0 Å². The van der Waals surface area contributed by atoms with Gasteiger partial charge in [0, 0.05) is 33.8 Å². The van der Waals surface area contributed by atoms with Gasteiger partial charge in [-0.25, -0.2) is 0 Å². The largest absolute Gasteiger partial charge is 0.489 e. The number of carbonyl (C=O) groups is 4. The summed E-state index contributed by atoms with van der Waals surface area (Å²) in [7, 11) is 0. The summed E-state index contributed by atoms with van der Waals surface area (Å²) in [5.41, 5.74) is 2.82. The van der Waals surface area contributed by atoms with E-state index in [0.29, 0.717) is 31.1 Å². The lowest BCUT2D eigenvalue weighted by Gasteiger charge is -2.44. The molecular formula is C36H40O12. The van der Waals surface area contributed by atoms with Crippen molar-refractivity contribution in [1.29, 1.82) is 0 Å². The zero-order chi connectivity index (χ0) is 34.5. The Balaban J connectivity index is 1.54. The minimum Gasteiger partial charge on any atom is -0.489 e. The molecule has 0 bridgehead atoms. The quantitative estimate of drug-likeness (QED) is 0.167. The Morgan fingerprint density at radius 2 is 1.10 bits per heavy atom. The van der Waals surface area contributed by atoms with E-state index in [1.165, 1.54) is 13.8 Å². The van der Waals surface area contributed by atoms with Crippen LogP contribution < -0.4 is 9.47 Å². The summed E-state index contributed by atoms with van der Waals surface area (Å²) in [6, 6.07) is 25.1. The molecule has 5 atom stereocenters. The van der Waals surface area contributed by atoms with Crippen LogP contribution in [0.2, 0.25) is 0 Å². The number of hydrogen-bond acceptors (Lipinski definition) is 12. The Labute approximate surface area is 279 Å². The van der Waals surface area contributed by atoms with Gasteiger partial charge in [-0.05, 0) is 35.2 Å². The fourth-order valence-corrected chi connectivity index (χ4v) is 5.04. The standard InChI is InChI=1S/C36H40O12/c1-23(37)42-22-32-33(45-24(2)38)34(46-25(3)39)35(47-26(4)40)36(48-32)41-16-15-29-17-30(43-20-27-11-7-5-8-12-27)19-31(18-29)44-21-28-13-9-6-10-14-28/h5-14,17-19,32-36H,15-16,20-22H2,1-4H3/t32-,33-,34+,35-,36-/m1/s1. The van der Waals surface area contributed by atoms with Gasteiger partial charge in [-0.2, -0.15) is 0 Å². The highest BCUT2D eigenvalue weighted by atomic mass is 16.7. The predicted octanol–water partition coefficient (Wildman–Crippen LogP) is 4.49. The first kappa shape index (κ1) is 35.9. The van der Waals surface area contributed by atoms with Gasteiger partial charge in [-0.1, -0.05) is 60.7 Å². The van der Waals surface area contributed by atoms with Crippen LogP contribution in [0, 0.1) is 0 Å². The van der Waals surface area contributed by atoms with Crippen molar-refractivity contribution in [3.8, 4) is 11.5 Å². The van der Waals surface area contributed by atoms with Crippen molar-refractivity contribution in [1.82, 2.24) is 0 Å². The molecule has 4 rings (SSSR count). The SMILES string of the molecule is CC(=O)OC[C@H]1O[C@@H](OCCc2cc(OCc3ccccc3)cc(OCc3ccccc3)c2)[C@H](OC(C)=O)[C@@H](OC(C)=O)[C@@H]1OC(C)=O. The third kappa shape index (κ3) is 11.4. The molecule has 1 fully saturated rings. The second-order valence-electron chi connectivity index (χ2n) is 11.0. The van der Waals surface area contributed by atoms with Crippen molar-refractivity contribution in [3.05, 3.63) is 95.6 Å². The first-order chi connectivity index (χ1) is 23.1. The molecule has 1 heterocycles. The maximum absolute atomic E-state index is 12.1. The molecule has 1 aliphatic heterocycles. The van der Waals surface area contributed by atoms with E-state index in [0.717, 1.165) is 30.5 Å². The monoisotopic (exact) mass is 664 g/mol. The summed E-state index contributed by atoms with van der Waals surface area (Å²) >= 11 is 0. The number of hydrogen-bond donors (Lipinski definition) is 0. The Kier molecular flexibility index (Phi) is 13.3. The smallest absolute Gasteiger partial charge is 0.303 e. The topological polar surface area (TPSA) is 142 Å². The second-order valence-corrected chi connectivity index (χ2v) is 11.0. The number of benzene rings is 3. The van der Waals surface area contributed by atoms with Crippen LogP contribution >= 0.6 is 0 Å². The first-order valence-electron chi connectivity index (χ1n) is 15.5. The number of esters is 4. The summed E-state index contributed by atoms with van der Waals surface area (Å²) in [4.78, 5) is 47.8. The molecule has 1 saturated heterocycles. The van der Waals surface area contributed by atoms with Gasteiger partial charge in [0.2, 0.25) is 0 Å². The summed E-state index contributed by atoms with van der Waals surface area (Å²) in [5, 5.41) is 0. The van der Waals surface area contributed by atoms with Gasteiger partial charge in [-0.15, -0.1) is 0 Å². The first-order valence-corrected chi connectivity index (χ1v) is 15.5. The lowest BCUT2D eigenvalue weighted by atomic mass is 9.98. The summed E-state index contributed by atoms with van der Waals surface area (Å²) in [6.45, 7) is 5.10. The Morgan fingerprint density at radius 3 is 1.60 bits per heavy atom. The Hall–Kier alpha value is -4.94. The van der Waals surface area contributed by atoms with Crippen LogP contribution in [0.25, 0.3) is 0 Å². The highest BCUT2D eigenvalue weighted by Gasteiger charge is 2.52. The lowest BCUT2D eigenvalue weighted by Crippen LogP contribution is -2.63. The third-order valence-corrected chi connectivity index (χ3v) is 7.06. The molecule has 12 nitrogen and oxygen atoms in total. The van der Waals surface area contributed by atoms with Crippen LogP contribution in [0.5, 0.6) is 11.5 Å². The maximum atomic E-state index is 12.1. The Bertz CT molecular complexity index is 1450. The molecule has 256 valence electrons. The number of carbonyl (C=O) groups excluding carboxylic acids is 4. The molecule has 0 amide bonds. The van der Waals surface area contributed by atoms with E-state index in [1.54, 1.807) is 0 Å². The third-order valence-electron chi connectivity index (χ3n) is 7.06. The molecule has 0 N–H and O–H groups in total. The van der Waals surface area contributed by atoms with Gasteiger partial charge in [0.25, 0.3) is 0 Å². The molecule has 1 aliphatic rings. The molecule has 0 radical (unpaired) electrons. The summed E-state index contributed by atoms with van der Waals surface area (Å²) in [6.07, 6.45) is -5.94. The van der Waals surface area contributed by atoms with Gasteiger partial charge in [0.1, 0.15) is 37.4 Å². The fourth-order valence-electron chi connectivity index (χ4n) is 5.04. The van der Waals surface area contributed by atoms with E-state index >= 15 is 0 Å². The van der Waals surface area contributed by atoms with Crippen molar-refractivity contribution in [2.24, 2.45) is 0 Å². The van der Waals surface area contributed by atoms with Gasteiger partial charge in [0.05, 0.1) is 6.61 Å². The van der Waals surface area contributed by atoms with E-state index in [2.05, 4.69) is 0 Å². The maximum Gasteiger partial charge on any atom is 0.303 e. The van der Waals surface area contributed by atoms with Crippen molar-refractivity contribution in [2.75, 3.05) is 13.2 Å². The fraction of sp³-hybridized carbons (Fsp3) is 0.389. The lowest BCUT2D eigenvalue weighted by molar-refractivity contribution is -0.307. The minimum absolute atomic E-state index is 0.0496. The van der Waals surface area contributed by atoms with Crippen molar-refractivity contribution < 1.29 is 57.1 Å². The average Bonchev–Trinajstić information content (AvgIpc) is 3.05. The molecule has 0 aromatic heterocycles. The molecule has 12 heteroatoms. The van der Waals surface area contributed by atoms with E-state index < -0.39 is 54.6 Å². The van der Waals surface area contributed by atoms with Gasteiger partial charge in [-0.3, -0.25) is 19.2 Å². The van der Waals surface area contributed by atoms with Crippen LogP contribution in [-0.2, 0) is 67.2 Å². The number of rotatable bonds is 15. The van der Waals surface area contributed by atoms with Crippen LogP contribution in [-0.4, -0.2) is 67.8 Å². The molecular weight excluding hydrogens is 624 g/mol. The zero-order valence-electron chi connectivity index (χ0n) is 27.3. The minimum atomic E-state index is -1.32. The van der Waals surface area contributed by atoms with Gasteiger partial charge in [0.15, 0.2) is 24.6 Å². The highest BCUT2D eigenvalue weighted by molar-refractivity contribution is 5.68. The molecule has 0 unspecified atom stereocenters.